The van der Waals surface area contributed by atoms with Gasteiger partial charge in [0.15, 0.2) is 0 Å². The lowest BCUT2D eigenvalue weighted by Gasteiger charge is -2.49. The van der Waals surface area contributed by atoms with Crippen LogP contribution in [0.3, 0.4) is 0 Å². The van der Waals surface area contributed by atoms with E-state index >= 15 is 0 Å². The molecule has 2 rings (SSSR count). The molecule has 4 heteroatoms. The molecular formula is C12H18BrNOS. The Kier molecular flexibility index (Phi) is 3.74. The fraction of sp³-hybridized carbons (Fsp3) is 0.667. The number of hydrogen-bond donors (Lipinski definition) is 2. The molecular weight excluding hydrogens is 286 g/mol. The maximum Gasteiger partial charge on any atom is 0.0701 e. The number of aliphatic hydroxyl groups is 1. The van der Waals surface area contributed by atoms with Gasteiger partial charge >= 0.3 is 0 Å². The Bertz CT molecular complexity index is 364. The lowest BCUT2D eigenvalue weighted by Crippen LogP contribution is -2.60. The van der Waals surface area contributed by atoms with Crippen molar-refractivity contribution in [1.82, 2.24) is 5.32 Å². The summed E-state index contributed by atoms with van der Waals surface area (Å²) in [6, 6.07) is 4.72. The molecule has 1 aliphatic carbocycles. The fourth-order valence-electron chi connectivity index (χ4n) is 2.10. The Morgan fingerprint density at radius 1 is 1.56 bits per heavy atom. The minimum absolute atomic E-state index is 0.0377. The zero-order chi connectivity index (χ0) is 11.8. The molecule has 0 saturated heterocycles. The van der Waals surface area contributed by atoms with Crippen molar-refractivity contribution in [3.63, 3.8) is 0 Å². The summed E-state index contributed by atoms with van der Waals surface area (Å²) in [6.45, 7) is 5.24. The largest absolute Gasteiger partial charge is 0.392 e. The van der Waals surface area contributed by atoms with Crippen LogP contribution in [0.4, 0.5) is 0 Å². The van der Waals surface area contributed by atoms with Crippen LogP contribution in [0, 0.1) is 5.41 Å². The van der Waals surface area contributed by atoms with Crippen LogP contribution in [-0.4, -0.2) is 23.8 Å². The maximum atomic E-state index is 9.62. The second-order valence-electron chi connectivity index (χ2n) is 5.04. The van der Waals surface area contributed by atoms with Crippen LogP contribution in [0.25, 0.3) is 0 Å². The van der Waals surface area contributed by atoms with Gasteiger partial charge in [0.05, 0.1) is 9.89 Å². The van der Waals surface area contributed by atoms with Gasteiger partial charge in [-0.2, -0.15) is 0 Å². The summed E-state index contributed by atoms with van der Waals surface area (Å²) in [5.74, 6) is 0. The topological polar surface area (TPSA) is 32.3 Å². The van der Waals surface area contributed by atoms with Gasteiger partial charge in [0, 0.05) is 22.9 Å². The summed E-state index contributed by atoms with van der Waals surface area (Å²) in [7, 11) is 0. The van der Waals surface area contributed by atoms with E-state index in [0.29, 0.717) is 6.04 Å². The summed E-state index contributed by atoms with van der Waals surface area (Å²) in [5.41, 5.74) is 0.0377. The molecule has 1 heterocycles. The van der Waals surface area contributed by atoms with Crippen molar-refractivity contribution in [3.8, 4) is 0 Å². The van der Waals surface area contributed by atoms with E-state index < -0.39 is 0 Å². The van der Waals surface area contributed by atoms with Crippen molar-refractivity contribution in [3.05, 3.63) is 20.8 Å². The van der Waals surface area contributed by atoms with Crippen molar-refractivity contribution in [2.24, 2.45) is 5.41 Å². The van der Waals surface area contributed by atoms with Gasteiger partial charge in [-0.05, 0) is 40.9 Å². The first kappa shape index (κ1) is 12.6. The molecule has 1 aromatic heterocycles. The van der Waals surface area contributed by atoms with Crippen LogP contribution < -0.4 is 5.32 Å². The van der Waals surface area contributed by atoms with Crippen LogP contribution in [0.2, 0.25) is 0 Å². The van der Waals surface area contributed by atoms with E-state index in [4.69, 9.17) is 0 Å². The van der Waals surface area contributed by atoms with Gasteiger partial charge < -0.3 is 10.4 Å². The molecule has 2 N–H and O–H groups in total. The molecule has 2 unspecified atom stereocenters. The Morgan fingerprint density at radius 3 is 2.81 bits per heavy atom. The van der Waals surface area contributed by atoms with Crippen LogP contribution >= 0.6 is 27.3 Å². The predicted molar refractivity (Wildman–Crippen MR) is 71.9 cm³/mol. The van der Waals surface area contributed by atoms with Crippen molar-refractivity contribution < 1.29 is 5.11 Å². The molecule has 0 aliphatic heterocycles. The van der Waals surface area contributed by atoms with Crippen molar-refractivity contribution in [2.45, 2.75) is 38.8 Å². The Balaban J connectivity index is 1.73. The molecule has 0 spiro atoms. The van der Waals surface area contributed by atoms with E-state index in [9.17, 15) is 5.11 Å². The molecule has 0 amide bonds. The first-order valence-corrected chi connectivity index (χ1v) is 7.27. The highest BCUT2D eigenvalue weighted by molar-refractivity contribution is 9.11. The number of nitrogens with one attached hydrogen (secondary N) is 1. The van der Waals surface area contributed by atoms with Gasteiger partial charge in [0.25, 0.3) is 0 Å². The third-order valence-corrected chi connectivity index (χ3v) is 5.29. The summed E-state index contributed by atoms with van der Waals surface area (Å²) in [6.07, 6.45) is 1.82. The summed E-state index contributed by atoms with van der Waals surface area (Å²) in [5, 5.41) is 13.2. The van der Waals surface area contributed by atoms with E-state index in [1.54, 1.807) is 11.3 Å². The van der Waals surface area contributed by atoms with Gasteiger partial charge in [-0.3, -0.25) is 0 Å². The maximum absolute atomic E-state index is 9.62. The smallest absolute Gasteiger partial charge is 0.0701 e. The number of hydrogen-bond acceptors (Lipinski definition) is 3. The normalized spacial score (nSPS) is 27.8. The van der Waals surface area contributed by atoms with Gasteiger partial charge in [0.2, 0.25) is 0 Å². The SMILES string of the molecule is CC1(C)C(O)CC1NCCc1ccc(Br)s1. The van der Waals surface area contributed by atoms with E-state index in [1.807, 2.05) is 0 Å². The minimum Gasteiger partial charge on any atom is -0.392 e. The molecule has 2 atom stereocenters. The van der Waals surface area contributed by atoms with Crippen LogP contribution in [-0.2, 0) is 6.42 Å². The van der Waals surface area contributed by atoms with Crippen molar-refractivity contribution >= 4 is 27.3 Å². The Hall–Kier alpha value is 0.1000. The summed E-state index contributed by atoms with van der Waals surface area (Å²) < 4.78 is 1.20. The molecule has 0 radical (unpaired) electrons. The van der Waals surface area contributed by atoms with E-state index in [-0.39, 0.29) is 11.5 Å². The molecule has 1 aliphatic rings. The molecule has 16 heavy (non-hydrogen) atoms. The molecule has 2 nitrogen and oxygen atoms in total. The third-order valence-electron chi connectivity index (χ3n) is 3.61. The van der Waals surface area contributed by atoms with Gasteiger partial charge in [-0.25, -0.2) is 0 Å². The highest BCUT2D eigenvalue weighted by Crippen LogP contribution is 2.40. The van der Waals surface area contributed by atoms with Crippen molar-refractivity contribution in [1.29, 1.82) is 0 Å². The standard InChI is InChI=1S/C12H18BrNOS/c1-12(2)9(7-10(12)15)14-6-5-8-3-4-11(13)16-8/h3-4,9-10,14-15H,5-7H2,1-2H3. The van der Waals surface area contributed by atoms with Crippen LogP contribution in [0.5, 0.6) is 0 Å². The lowest BCUT2D eigenvalue weighted by molar-refractivity contribution is -0.0720. The summed E-state index contributed by atoms with van der Waals surface area (Å²) >= 11 is 5.26. The molecule has 0 bridgehead atoms. The molecule has 1 saturated carbocycles. The molecule has 90 valence electrons. The van der Waals surface area contributed by atoms with E-state index in [2.05, 4.69) is 47.2 Å². The Morgan fingerprint density at radius 2 is 2.31 bits per heavy atom. The zero-order valence-electron chi connectivity index (χ0n) is 9.66. The first-order chi connectivity index (χ1) is 7.50. The van der Waals surface area contributed by atoms with Gasteiger partial charge in [-0.15, -0.1) is 11.3 Å². The lowest BCUT2D eigenvalue weighted by atomic mass is 9.64. The van der Waals surface area contributed by atoms with E-state index in [1.165, 1.54) is 8.66 Å². The molecule has 1 fully saturated rings. The minimum atomic E-state index is -0.138. The average Bonchev–Trinajstić information content (AvgIpc) is 2.63. The highest BCUT2D eigenvalue weighted by atomic mass is 79.9. The van der Waals surface area contributed by atoms with E-state index in [0.717, 1.165) is 19.4 Å². The van der Waals surface area contributed by atoms with Crippen molar-refractivity contribution in [2.75, 3.05) is 6.54 Å². The number of rotatable bonds is 4. The number of thiophene rings is 1. The molecule has 0 aromatic carbocycles. The average molecular weight is 304 g/mol. The first-order valence-electron chi connectivity index (χ1n) is 5.66. The summed E-state index contributed by atoms with van der Waals surface area (Å²) in [4.78, 5) is 1.40. The van der Waals surface area contributed by atoms with Crippen LogP contribution in [0.1, 0.15) is 25.1 Å². The molecule has 1 aromatic rings. The number of aliphatic hydroxyl groups excluding tert-OH is 1. The highest BCUT2D eigenvalue weighted by Gasteiger charge is 2.46. The van der Waals surface area contributed by atoms with Gasteiger partial charge in [0.1, 0.15) is 0 Å². The van der Waals surface area contributed by atoms with Gasteiger partial charge in [-0.1, -0.05) is 13.8 Å². The predicted octanol–water partition coefficient (Wildman–Crippen LogP) is 2.80. The Labute approximate surface area is 109 Å². The third kappa shape index (κ3) is 2.50. The number of halogens is 1. The monoisotopic (exact) mass is 303 g/mol. The second-order valence-corrected chi connectivity index (χ2v) is 7.58. The quantitative estimate of drug-likeness (QED) is 0.896. The zero-order valence-corrected chi connectivity index (χ0v) is 12.1. The second kappa shape index (κ2) is 4.77. The fourth-order valence-corrected chi connectivity index (χ4v) is 3.59. The van der Waals surface area contributed by atoms with Crippen LogP contribution in [0.15, 0.2) is 15.9 Å².